The second-order valence-electron chi connectivity index (χ2n) is 2.37. The standard InChI is InChI=1S/C7H14F2Si/c1-2-3-4-5-10-7(9)6-8/h6H,2-5,10H2,1H3. The molecule has 10 heavy (non-hydrogen) atoms. The summed E-state index contributed by atoms with van der Waals surface area (Å²) < 4.78 is 23.5. The Kier molecular flexibility index (Phi) is 6.80. The van der Waals surface area contributed by atoms with Gasteiger partial charge in [0.05, 0.1) is 9.52 Å². The minimum atomic E-state index is -0.865. The molecule has 0 radical (unpaired) electrons. The Morgan fingerprint density at radius 2 is 2.20 bits per heavy atom. The Bertz CT molecular complexity index is 102. The van der Waals surface area contributed by atoms with E-state index in [1.54, 1.807) is 0 Å². The normalized spacial score (nSPS) is 13.3. The van der Waals surface area contributed by atoms with Crippen molar-refractivity contribution in [1.82, 2.24) is 0 Å². The van der Waals surface area contributed by atoms with Crippen LogP contribution in [0, 0.1) is 0 Å². The molecule has 0 spiro atoms. The molecule has 3 heteroatoms. The monoisotopic (exact) mass is 164 g/mol. The zero-order valence-corrected chi connectivity index (χ0v) is 7.78. The van der Waals surface area contributed by atoms with Gasteiger partial charge < -0.3 is 0 Å². The van der Waals surface area contributed by atoms with Gasteiger partial charge in [-0.15, -0.1) is 0 Å². The van der Waals surface area contributed by atoms with Crippen LogP contribution in [0.5, 0.6) is 0 Å². The minimum absolute atomic E-state index is 0.109. The van der Waals surface area contributed by atoms with Crippen molar-refractivity contribution < 1.29 is 8.78 Å². The maximum atomic E-state index is 12.1. The third-order valence-corrected chi connectivity index (χ3v) is 2.87. The molecule has 0 aliphatic heterocycles. The van der Waals surface area contributed by atoms with Gasteiger partial charge >= 0.3 is 0 Å². The van der Waals surface area contributed by atoms with Crippen LogP contribution in [0.15, 0.2) is 11.8 Å². The number of unbranched alkanes of at least 4 members (excludes halogenated alkanes) is 2. The van der Waals surface area contributed by atoms with Crippen LogP contribution in [0.4, 0.5) is 8.78 Å². The summed E-state index contributed by atoms with van der Waals surface area (Å²) in [7, 11) is -0.865. The average molecular weight is 164 g/mol. The summed E-state index contributed by atoms with van der Waals surface area (Å²) in [5.74, 6) is 0. The van der Waals surface area contributed by atoms with Crippen molar-refractivity contribution in [3.05, 3.63) is 11.8 Å². The lowest BCUT2D eigenvalue weighted by molar-refractivity contribution is 0.622. The summed E-state index contributed by atoms with van der Waals surface area (Å²) in [4.78, 5) is 0. The zero-order valence-electron chi connectivity index (χ0n) is 6.37. The smallest absolute Gasteiger partial charge is 0.113 e. The molecule has 0 saturated heterocycles. The molecule has 0 saturated carbocycles. The van der Waals surface area contributed by atoms with Crippen molar-refractivity contribution in [2.45, 2.75) is 32.2 Å². The van der Waals surface area contributed by atoms with Crippen LogP contribution in [0.25, 0.3) is 0 Å². The lowest BCUT2D eigenvalue weighted by Crippen LogP contribution is -1.89. The summed E-state index contributed by atoms with van der Waals surface area (Å²) in [5.41, 5.74) is -0.490. The van der Waals surface area contributed by atoms with Crippen LogP contribution < -0.4 is 0 Å². The van der Waals surface area contributed by atoms with E-state index in [0.29, 0.717) is 0 Å². The van der Waals surface area contributed by atoms with E-state index in [9.17, 15) is 8.78 Å². The van der Waals surface area contributed by atoms with Gasteiger partial charge in [-0.3, -0.25) is 0 Å². The molecule has 0 nitrogen and oxygen atoms in total. The number of hydrogen-bond acceptors (Lipinski definition) is 0. The van der Waals surface area contributed by atoms with Gasteiger partial charge in [0.15, 0.2) is 0 Å². The summed E-state index contributed by atoms with van der Waals surface area (Å²) in [6.07, 6.45) is 3.46. The van der Waals surface area contributed by atoms with E-state index < -0.39 is 15.0 Å². The van der Waals surface area contributed by atoms with E-state index in [2.05, 4.69) is 6.92 Å². The molecule has 0 fully saturated rings. The lowest BCUT2D eigenvalue weighted by atomic mass is 10.3. The topological polar surface area (TPSA) is 0 Å². The van der Waals surface area contributed by atoms with Gasteiger partial charge in [0.2, 0.25) is 0 Å². The van der Waals surface area contributed by atoms with E-state index >= 15 is 0 Å². The Balaban J connectivity index is 3.04. The second kappa shape index (κ2) is 6.93. The van der Waals surface area contributed by atoms with E-state index in [-0.39, 0.29) is 6.33 Å². The van der Waals surface area contributed by atoms with Crippen molar-refractivity contribution in [1.29, 1.82) is 0 Å². The van der Waals surface area contributed by atoms with Crippen molar-refractivity contribution in [2.75, 3.05) is 0 Å². The Morgan fingerprint density at radius 1 is 1.50 bits per heavy atom. The summed E-state index contributed by atoms with van der Waals surface area (Å²) in [5, 5.41) is 0. The zero-order chi connectivity index (χ0) is 7.82. The van der Waals surface area contributed by atoms with E-state index in [0.717, 1.165) is 25.3 Å². The van der Waals surface area contributed by atoms with Crippen LogP contribution in [0.3, 0.4) is 0 Å². The molecule has 0 bridgehead atoms. The fourth-order valence-electron chi connectivity index (χ4n) is 0.775. The minimum Gasteiger partial charge on any atom is -0.216 e. The van der Waals surface area contributed by atoms with Crippen LogP contribution in [-0.2, 0) is 0 Å². The van der Waals surface area contributed by atoms with Gasteiger partial charge in [-0.25, -0.2) is 8.78 Å². The van der Waals surface area contributed by atoms with E-state index in [1.807, 2.05) is 0 Å². The van der Waals surface area contributed by atoms with Crippen molar-refractivity contribution in [2.24, 2.45) is 0 Å². The Morgan fingerprint density at radius 3 is 2.70 bits per heavy atom. The SMILES string of the molecule is CCCCC[SiH2]C(F)=CF. The first-order chi connectivity index (χ1) is 4.81. The maximum Gasteiger partial charge on any atom is 0.113 e. The van der Waals surface area contributed by atoms with Crippen LogP contribution in [0.2, 0.25) is 6.04 Å². The molecule has 0 aliphatic rings. The average Bonchev–Trinajstić information content (AvgIpc) is 1.98. The van der Waals surface area contributed by atoms with Gasteiger partial charge in [0.1, 0.15) is 11.8 Å². The highest BCUT2D eigenvalue weighted by Crippen LogP contribution is 2.03. The van der Waals surface area contributed by atoms with Crippen LogP contribution in [0.1, 0.15) is 26.2 Å². The maximum absolute atomic E-state index is 12.1. The highest BCUT2D eigenvalue weighted by molar-refractivity contribution is 6.44. The molecule has 0 unspecified atom stereocenters. The molecule has 0 N–H and O–H groups in total. The van der Waals surface area contributed by atoms with Crippen molar-refractivity contribution in [3.8, 4) is 0 Å². The first-order valence-electron chi connectivity index (χ1n) is 3.76. The molecule has 0 aromatic heterocycles. The Hall–Kier alpha value is -0.183. The highest BCUT2D eigenvalue weighted by Gasteiger charge is 1.94. The molecular weight excluding hydrogens is 150 g/mol. The van der Waals surface area contributed by atoms with Gasteiger partial charge in [-0.05, 0) is 0 Å². The van der Waals surface area contributed by atoms with E-state index in [1.165, 1.54) is 0 Å². The summed E-state index contributed by atoms with van der Waals surface area (Å²) in [6, 6.07) is 0.903. The number of halogens is 2. The molecule has 0 aliphatic carbocycles. The largest absolute Gasteiger partial charge is 0.216 e. The fraction of sp³-hybridized carbons (Fsp3) is 0.714. The van der Waals surface area contributed by atoms with Gasteiger partial charge in [0.25, 0.3) is 0 Å². The fourth-order valence-corrected chi connectivity index (χ4v) is 1.83. The number of hydrogen-bond donors (Lipinski definition) is 0. The third kappa shape index (κ3) is 5.94. The number of rotatable bonds is 5. The molecule has 0 aromatic carbocycles. The highest BCUT2D eigenvalue weighted by atomic mass is 28.2. The van der Waals surface area contributed by atoms with E-state index in [4.69, 9.17) is 0 Å². The third-order valence-electron chi connectivity index (χ3n) is 1.39. The predicted octanol–water partition coefficient (Wildman–Crippen LogP) is 2.50. The first kappa shape index (κ1) is 9.82. The molecule has 0 amide bonds. The quantitative estimate of drug-likeness (QED) is 0.432. The predicted molar refractivity (Wildman–Crippen MR) is 43.2 cm³/mol. The molecule has 0 aromatic rings. The summed E-state index contributed by atoms with van der Waals surface area (Å²) >= 11 is 0. The second-order valence-corrected chi connectivity index (χ2v) is 4.25. The van der Waals surface area contributed by atoms with Crippen molar-refractivity contribution in [3.63, 3.8) is 0 Å². The first-order valence-corrected chi connectivity index (χ1v) is 5.46. The van der Waals surface area contributed by atoms with Crippen molar-refractivity contribution >= 4 is 9.52 Å². The van der Waals surface area contributed by atoms with Crippen LogP contribution >= 0.6 is 0 Å². The van der Waals surface area contributed by atoms with Crippen LogP contribution in [-0.4, -0.2) is 9.52 Å². The Labute approximate surface area is 63.1 Å². The van der Waals surface area contributed by atoms with Gasteiger partial charge in [0, 0.05) is 0 Å². The molecular formula is C7H14F2Si. The lowest BCUT2D eigenvalue weighted by Gasteiger charge is -1.94. The van der Waals surface area contributed by atoms with Gasteiger partial charge in [-0.1, -0.05) is 32.2 Å². The molecule has 0 heterocycles. The summed E-state index contributed by atoms with van der Waals surface area (Å²) in [6.45, 7) is 2.10. The molecule has 0 rings (SSSR count). The molecule has 60 valence electrons. The van der Waals surface area contributed by atoms with Gasteiger partial charge in [-0.2, -0.15) is 0 Å². The molecule has 0 atom stereocenters.